The van der Waals surface area contributed by atoms with E-state index in [0.717, 1.165) is 0 Å². The summed E-state index contributed by atoms with van der Waals surface area (Å²) in [5.74, 6) is 0. The lowest BCUT2D eigenvalue weighted by Gasteiger charge is -2.04. The fraction of sp³-hybridized carbons (Fsp3) is 0.828. The first kappa shape index (κ1) is 27.2. The molecule has 1 heterocycles. The largest absolute Gasteiger partial charge is 0.205 e. The SMILES string of the molecule is CCCCCCCCCCCCCC[n+]1cccc(CCCCCCCCCC)c1. The number of rotatable bonds is 22. The van der Waals surface area contributed by atoms with Crippen molar-refractivity contribution in [1.29, 1.82) is 0 Å². The van der Waals surface area contributed by atoms with Crippen LogP contribution in [0.5, 0.6) is 0 Å². The van der Waals surface area contributed by atoms with E-state index in [1.807, 2.05) is 0 Å². The van der Waals surface area contributed by atoms with Crippen molar-refractivity contribution in [2.75, 3.05) is 0 Å². The van der Waals surface area contributed by atoms with Gasteiger partial charge in [-0.1, -0.05) is 123 Å². The molecule has 0 saturated carbocycles. The molecule has 0 N–H and O–H groups in total. The van der Waals surface area contributed by atoms with Crippen LogP contribution in [0.25, 0.3) is 0 Å². The summed E-state index contributed by atoms with van der Waals surface area (Å²) in [5, 5.41) is 0. The van der Waals surface area contributed by atoms with Crippen LogP contribution in [0.3, 0.4) is 0 Å². The van der Waals surface area contributed by atoms with Crippen molar-refractivity contribution in [3.05, 3.63) is 30.1 Å². The highest BCUT2D eigenvalue weighted by molar-refractivity contribution is 5.05. The number of aryl methyl sites for hydroxylation is 2. The number of pyridine rings is 1. The zero-order chi connectivity index (χ0) is 21.5. The van der Waals surface area contributed by atoms with E-state index in [-0.39, 0.29) is 0 Å². The number of aromatic nitrogens is 1. The Balaban J connectivity index is 1.95. The minimum absolute atomic E-state index is 1.20. The Morgan fingerprint density at radius 2 is 0.967 bits per heavy atom. The molecule has 0 unspecified atom stereocenters. The molecule has 0 fully saturated rings. The minimum atomic E-state index is 1.20. The molecule has 0 aromatic carbocycles. The molecule has 1 aromatic heterocycles. The first-order valence-corrected chi connectivity index (χ1v) is 13.8. The van der Waals surface area contributed by atoms with Crippen molar-refractivity contribution in [3.63, 3.8) is 0 Å². The molecule has 174 valence electrons. The van der Waals surface area contributed by atoms with E-state index >= 15 is 0 Å². The Bertz CT molecular complexity index is 467. The summed E-state index contributed by atoms with van der Waals surface area (Å²) in [5.41, 5.74) is 1.53. The molecule has 1 nitrogen and oxygen atoms in total. The summed E-state index contributed by atoms with van der Waals surface area (Å²) in [6.07, 6.45) is 34.3. The van der Waals surface area contributed by atoms with Gasteiger partial charge in [0, 0.05) is 18.1 Å². The van der Waals surface area contributed by atoms with Crippen LogP contribution < -0.4 is 4.57 Å². The molecule has 0 radical (unpaired) electrons. The van der Waals surface area contributed by atoms with Gasteiger partial charge in [0.05, 0.1) is 0 Å². The predicted octanol–water partition coefficient (Wildman–Crippen LogP) is 9.36. The third kappa shape index (κ3) is 16.9. The second kappa shape index (κ2) is 21.4. The van der Waals surface area contributed by atoms with E-state index in [4.69, 9.17) is 0 Å². The number of hydrogen-bond donors (Lipinski definition) is 0. The number of unbranched alkanes of at least 4 members (excludes halogenated alkanes) is 18. The van der Waals surface area contributed by atoms with Gasteiger partial charge in [0.15, 0.2) is 12.4 Å². The highest BCUT2D eigenvalue weighted by Crippen LogP contribution is 2.12. The van der Waals surface area contributed by atoms with Gasteiger partial charge in [0.2, 0.25) is 0 Å². The van der Waals surface area contributed by atoms with Crippen LogP contribution in [-0.4, -0.2) is 0 Å². The predicted molar refractivity (Wildman–Crippen MR) is 134 cm³/mol. The standard InChI is InChI=1S/C29H54N/c1-3-5-7-9-11-13-14-15-16-18-20-22-26-30-27-23-25-29(28-30)24-21-19-17-12-10-8-6-4-2/h23,25,27-28H,3-22,24,26H2,1-2H3/q+1. The summed E-state index contributed by atoms with van der Waals surface area (Å²) in [6.45, 7) is 5.79. The molecule has 1 rings (SSSR count). The lowest BCUT2D eigenvalue weighted by atomic mass is 10.0. The molecule has 0 atom stereocenters. The molecule has 0 amide bonds. The van der Waals surface area contributed by atoms with E-state index in [1.165, 1.54) is 147 Å². The van der Waals surface area contributed by atoms with Gasteiger partial charge in [-0.2, -0.15) is 0 Å². The van der Waals surface area contributed by atoms with Gasteiger partial charge in [0.25, 0.3) is 0 Å². The van der Waals surface area contributed by atoms with Gasteiger partial charge in [-0.3, -0.25) is 0 Å². The molecule has 0 spiro atoms. The Kier molecular flexibility index (Phi) is 19.4. The van der Waals surface area contributed by atoms with Gasteiger partial charge < -0.3 is 0 Å². The maximum absolute atomic E-state index is 2.43. The molecule has 0 saturated heterocycles. The topological polar surface area (TPSA) is 3.88 Å². The molecular formula is C29H54N+. The van der Waals surface area contributed by atoms with E-state index < -0.39 is 0 Å². The first-order chi connectivity index (χ1) is 14.9. The van der Waals surface area contributed by atoms with Crippen LogP contribution in [0.4, 0.5) is 0 Å². The van der Waals surface area contributed by atoms with Crippen molar-refractivity contribution in [3.8, 4) is 0 Å². The van der Waals surface area contributed by atoms with Crippen LogP contribution in [0.2, 0.25) is 0 Å². The van der Waals surface area contributed by atoms with Crippen LogP contribution in [0.15, 0.2) is 24.5 Å². The maximum Gasteiger partial charge on any atom is 0.171 e. The maximum atomic E-state index is 2.43. The van der Waals surface area contributed by atoms with E-state index in [2.05, 4.69) is 42.9 Å². The fourth-order valence-corrected chi connectivity index (χ4v) is 4.46. The first-order valence-electron chi connectivity index (χ1n) is 13.8. The second-order valence-corrected chi connectivity index (χ2v) is 9.56. The van der Waals surface area contributed by atoms with Crippen LogP contribution >= 0.6 is 0 Å². The highest BCUT2D eigenvalue weighted by atomic mass is 14.9. The Morgan fingerprint density at radius 3 is 1.47 bits per heavy atom. The quantitative estimate of drug-likeness (QED) is 0.131. The molecule has 0 aliphatic heterocycles. The molecule has 0 aliphatic rings. The minimum Gasteiger partial charge on any atom is -0.205 e. The van der Waals surface area contributed by atoms with Crippen LogP contribution in [-0.2, 0) is 13.0 Å². The van der Waals surface area contributed by atoms with Gasteiger partial charge in [-0.05, 0) is 25.3 Å². The third-order valence-corrected chi connectivity index (χ3v) is 6.51. The molecule has 30 heavy (non-hydrogen) atoms. The summed E-state index contributed by atoms with van der Waals surface area (Å²) in [4.78, 5) is 0. The average Bonchev–Trinajstić information content (AvgIpc) is 2.76. The molecule has 0 aliphatic carbocycles. The second-order valence-electron chi connectivity index (χ2n) is 9.56. The van der Waals surface area contributed by atoms with Crippen molar-refractivity contribution < 1.29 is 4.57 Å². The average molecular weight is 417 g/mol. The van der Waals surface area contributed by atoms with E-state index in [9.17, 15) is 0 Å². The smallest absolute Gasteiger partial charge is 0.171 e. The van der Waals surface area contributed by atoms with Crippen molar-refractivity contribution in [2.24, 2.45) is 0 Å². The summed E-state index contributed by atoms with van der Waals surface area (Å²) >= 11 is 0. The normalized spacial score (nSPS) is 11.3. The lowest BCUT2D eigenvalue weighted by Crippen LogP contribution is -2.33. The van der Waals surface area contributed by atoms with Crippen LogP contribution in [0, 0.1) is 0 Å². The van der Waals surface area contributed by atoms with Crippen molar-refractivity contribution in [1.82, 2.24) is 0 Å². The Morgan fingerprint density at radius 1 is 0.533 bits per heavy atom. The summed E-state index contributed by atoms with van der Waals surface area (Å²) < 4.78 is 2.43. The van der Waals surface area contributed by atoms with Gasteiger partial charge in [-0.25, -0.2) is 4.57 Å². The monoisotopic (exact) mass is 416 g/mol. The van der Waals surface area contributed by atoms with E-state index in [0.29, 0.717) is 0 Å². The van der Waals surface area contributed by atoms with Crippen LogP contribution in [0.1, 0.15) is 148 Å². The Hall–Kier alpha value is -0.850. The van der Waals surface area contributed by atoms with Gasteiger partial charge >= 0.3 is 0 Å². The summed E-state index contributed by atoms with van der Waals surface area (Å²) in [7, 11) is 0. The van der Waals surface area contributed by atoms with Gasteiger partial charge in [0.1, 0.15) is 6.54 Å². The molecular weight excluding hydrogens is 362 g/mol. The van der Waals surface area contributed by atoms with E-state index in [1.54, 1.807) is 0 Å². The third-order valence-electron chi connectivity index (χ3n) is 6.51. The zero-order valence-electron chi connectivity index (χ0n) is 20.8. The molecule has 1 aromatic rings. The van der Waals surface area contributed by atoms with Crippen molar-refractivity contribution >= 4 is 0 Å². The molecule has 0 bridgehead atoms. The summed E-state index contributed by atoms with van der Waals surface area (Å²) in [6, 6.07) is 4.57. The number of hydrogen-bond acceptors (Lipinski definition) is 0. The Labute approximate surface area is 190 Å². The fourth-order valence-electron chi connectivity index (χ4n) is 4.46. The lowest BCUT2D eigenvalue weighted by molar-refractivity contribution is -0.697. The zero-order valence-corrected chi connectivity index (χ0v) is 20.8. The van der Waals surface area contributed by atoms with Gasteiger partial charge in [-0.15, -0.1) is 0 Å². The number of nitrogens with zero attached hydrogens (tertiary/aromatic N) is 1. The van der Waals surface area contributed by atoms with Crippen molar-refractivity contribution in [2.45, 2.75) is 155 Å². The highest BCUT2D eigenvalue weighted by Gasteiger charge is 2.03. The molecule has 1 heteroatoms.